The van der Waals surface area contributed by atoms with Gasteiger partial charge in [-0.2, -0.15) is 0 Å². The highest BCUT2D eigenvalue weighted by Crippen LogP contribution is 2.34. The topological polar surface area (TPSA) is 52.6 Å². The highest BCUT2D eigenvalue weighted by molar-refractivity contribution is 6.06. The lowest BCUT2D eigenvalue weighted by molar-refractivity contribution is -0.165. The summed E-state index contributed by atoms with van der Waals surface area (Å²) in [6.45, 7) is 3.42. The monoisotopic (exact) mass is 344 g/mol. The third-order valence-electron chi connectivity index (χ3n) is 3.89. The molecule has 0 fully saturated rings. The summed E-state index contributed by atoms with van der Waals surface area (Å²) >= 11 is 0. The van der Waals surface area contributed by atoms with Gasteiger partial charge in [-0.15, -0.1) is 0 Å². The van der Waals surface area contributed by atoms with Crippen molar-refractivity contribution in [3.8, 4) is 0 Å². The molecule has 5 heteroatoms. The predicted octanol–water partition coefficient (Wildman–Crippen LogP) is 3.43. The van der Waals surface area contributed by atoms with Crippen LogP contribution in [-0.2, 0) is 30.9 Å². The standard InChI is InChI=1S/C20H21FO4/c1-3-24-18(22)20(19(23)25-4-2,14-15-10-6-5-7-11-15)16-12-8-9-13-17(16)21/h5-13H,3-4,14H2,1-2H3. The normalized spacial score (nSPS) is 11.0. The molecular weight excluding hydrogens is 323 g/mol. The molecule has 0 atom stereocenters. The van der Waals surface area contributed by atoms with Gasteiger partial charge in [-0.05, 0) is 25.5 Å². The van der Waals surface area contributed by atoms with Gasteiger partial charge in [-0.25, -0.2) is 4.39 Å². The molecule has 0 unspecified atom stereocenters. The van der Waals surface area contributed by atoms with E-state index >= 15 is 0 Å². The Morgan fingerprint density at radius 3 is 1.92 bits per heavy atom. The van der Waals surface area contributed by atoms with Gasteiger partial charge in [0.2, 0.25) is 0 Å². The van der Waals surface area contributed by atoms with Gasteiger partial charge in [0.05, 0.1) is 13.2 Å². The largest absolute Gasteiger partial charge is 0.465 e. The van der Waals surface area contributed by atoms with Crippen LogP contribution in [0.1, 0.15) is 25.0 Å². The first-order valence-electron chi connectivity index (χ1n) is 8.19. The molecule has 0 saturated carbocycles. The minimum Gasteiger partial charge on any atom is -0.465 e. The van der Waals surface area contributed by atoms with Crippen molar-refractivity contribution in [3.63, 3.8) is 0 Å². The Hall–Kier alpha value is -2.69. The van der Waals surface area contributed by atoms with Crippen molar-refractivity contribution < 1.29 is 23.5 Å². The summed E-state index contributed by atoms with van der Waals surface area (Å²) in [5.41, 5.74) is -1.23. The van der Waals surface area contributed by atoms with E-state index in [-0.39, 0.29) is 25.2 Å². The van der Waals surface area contributed by atoms with Crippen LogP contribution in [-0.4, -0.2) is 25.2 Å². The van der Waals surface area contributed by atoms with Gasteiger partial charge < -0.3 is 9.47 Å². The van der Waals surface area contributed by atoms with Crippen LogP contribution in [0.3, 0.4) is 0 Å². The molecule has 0 radical (unpaired) electrons. The second-order valence-electron chi connectivity index (χ2n) is 5.49. The van der Waals surface area contributed by atoms with E-state index in [9.17, 15) is 14.0 Å². The first-order chi connectivity index (χ1) is 12.1. The number of hydrogen-bond acceptors (Lipinski definition) is 4. The fourth-order valence-corrected chi connectivity index (χ4v) is 2.76. The maximum atomic E-state index is 14.6. The van der Waals surface area contributed by atoms with Crippen LogP contribution in [0.5, 0.6) is 0 Å². The molecule has 0 spiro atoms. The van der Waals surface area contributed by atoms with Gasteiger partial charge in [0.25, 0.3) is 0 Å². The Bertz CT molecular complexity index is 709. The van der Waals surface area contributed by atoms with Crippen molar-refractivity contribution >= 4 is 11.9 Å². The highest BCUT2D eigenvalue weighted by atomic mass is 19.1. The van der Waals surface area contributed by atoms with E-state index in [2.05, 4.69) is 0 Å². The zero-order valence-corrected chi connectivity index (χ0v) is 14.3. The summed E-state index contributed by atoms with van der Waals surface area (Å²) in [6, 6.07) is 14.7. The predicted molar refractivity (Wildman–Crippen MR) is 91.5 cm³/mol. The van der Waals surface area contributed by atoms with Gasteiger partial charge in [0.1, 0.15) is 5.82 Å². The van der Waals surface area contributed by atoms with E-state index in [1.165, 1.54) is 18.2 Å². The molecule has 132 valence electrons. The Labute approximate surface area is 146 Å². The average molecular weight is 344 g/mol. The number of rotatable bonds is 7. The van der Waals surface area contributed by atoms with Crippen LogP contribution in [0.2, 0.25) is 0 Å². The molecule has 0 saturated heterocycles. The quantitative estimate of drug-likeness (QED) is 0.570. The third-order valence-corrected chi connectivity index (χ3v) is 3.89. The Balaban J connectivity index is 2.66. The minimum absolute atomic E-state index is 0.0456. The number of carbonyl (C=O) groups is 2. The van der Waals surface area contributed by atoms with E-state index in [4.69, 9.17) is 9.47 Å². The van der Waals surface area contributed by atoms with Crippen LogP contribution < -0.4 is 0 Å². The lowest BCUT2D eigenvalue weighted by Crippen LogP contribution is -2.48. The maximum Gasteiger partial charge on any atom is 0.328 e. The van der Waals surface area contributed by atoms with Crippen LogP contribution in [0.25, 0.3) is 0 Å². The molecule has 0 amide bonds. The van der Waals surface area contributed by atoms with Gasteiger partial charge in [0.15, 0.2) is 5.41 Å². The maximum absolute atomic E-state index is 14.6. The molecule has 0 N–H and O–H groups in total. The zero-order valence-electron chi connectivity index (χ0n) is 14.3. The number of halogens is 1. The lowest BCUT2D eigenvalue weighted by atomic mass is 9.75. The zero-order chi connectivity index (χ0) is 18.3. The van der Waals surface area contributed by atoms with Crippen molar-refractivity contribution in [1.29, 1.82) is 0 Å². The summed E-state index contributed by atoms with van der Waals surface area (Å²) in [6.07, 6.45) is -0.0492. The second-order valence-corrected chi connectivity index (χ2v) is 5.49. The molecule has 0 aromatic heterocycles. The Morgan fingerprint density at radius 1 is 0.880 bits per heavy atom. The van der Waals surface area contributed by atoms with Crippen molar-refractivity contribution in [2.24, 2.45) is 0 Å². The lowest BCUT2D eigenvalue weighted by Gasteiger charge is -2.30. The van der Waals surface area contributed by atoms with Crippen molar-refractivity contribution in [3.05, 3.63) is 71.5 Å². The van der Waals surface area contributed by atoms with Crippen LogP contribution in [0.15, 0.2) is 54.6 Å². The van der Waals surface area contributed by atoms with E-state index in [1.54, 1.807) is 44.2 Å². The number of hydrogen-bond donors (Lipinski definition) is 0. The Morgan fingerprint density at radius 2 is 1.40 bits per heavy atom. The van der Waals surface area contributed by atoms with Gasteiger partial charge >= 0.3 is 11.9 Å². The number of benzene rings is 2. The summed E-state index contributed by atoms with van der Waals surface area (Å²) in [4.78, 5) is 25.7. The van der Waals surface area contributed by atoms with Crippen molar-refractivity contribution in [2.75, 3.05) is 13.2 Å². The summed E-state index contributed by atoms with van der Waals surface area (Å²) in [5.74, 6) is -2.29. The summed E-state index contributed by atoms with van der Waals surface area (Å²) in [5, 5.41) is 0. The molecule has 0 aliphatic carbocycles. The van der Waals surface area contributed by atoms with Crippen molar-refractivity contribution in [1.82, 2.24) is 0 Å². The number of esters is 2. The first-order valence-corrected chi connectivity index (χ1v) is 8.19. The number of ether oxygens (including phenoxy) is 2. The van der Waals surface area contributed by atoms with E-state index < -0.39 is 23.2 Å². The third kappa shape index (κ3) is 3.87. The molecule has 2 aromatic carbocycles. The molecule has 2 rings (SSSR count). The fourth-order valence-electron chi connectivity index (χ4n) is 2.76. The molecule has 25 heavy (non-hydrogen) atoms. The van der Waals surface area contributed by atoms with Crippen LogP contribution >= 0.6 is 0 Å². The first kappa shape index (κ1) is 18.6. The molecular formula is C20H21FO4. The van der Waals surface area contributed by atoms with Crippen LogP contribution in [0, 0.1) is 5.82 Å². The van der Waals surface area contributed by atoms with Gasteiger partial charge in [0, 0.05) is 12.0 Å². The smallest absolute Gasteiger partial charge is 0.328 e. The molecule has 4 nitrogen and oxygen atoms in total. The van der Waals surface area contributed by atoms with Crippen LogP contribution in [0.4, 0.5) is 4.39 Å². The van der Waals surface area contributed by atoms with E-state index in [0.717, 1.165) is 0 Å². The highest BCUT2D eigenvalue weighted by Gasteiger charge is 2.52. The number of carbonyl (C=O) groups excluding carboxylic acids is 2. The molecule has 0 heterocycles. The van der Waals surface area contributed by atoms with Gasteiger partial charge in [-0.1, -0.05) is 48.5 Å². The SMILES string of the molecule is CCOC(=O)C(Cc1ccccc1)(C(=O)OCC)c1ccccc1F. The Kier molecular flexibility index (Phi) is 6.28. The molecule has 0 bridgehead atoms. The minimum atomic E-state index is -1.89. The van der Waals surface area contributed by atoms with Crippen molar-refractivity contribution in [2.45, 2.75) is 25.7 Å². The summed E-state index contributed by atoms with van der Waals surface area (Å²) in [7, 11) is 0. The van der Waals surface area contributed by atoms with Gasteiger partial charge in [-0.3, -0.25) is 9.59 Å². The van der Waals surface area contributed by atoms with E-state index in [1.807, 2.05) is 6.07 Å². The average Bonchev–Trinajstić information content (AvgIpc) is 2.61. The fraction of sp³-hybridized carbons (Fsp3) is 0.300. The van der Waals surface area contributed by atoms with E-state index in [0.29, 0.717) is 5.56 Å². The molecule has 2 aromatic rings. The summed E-state index contributed by atoms with van der Waals surface area (Å²) < 4.78 is 24.9. The molecule has 0 aliphatic rings. The molecule has 0 aliphatic heterocycles. The second kappa shape index (κ2) is 8.42.